The van der Waals surface area contributed by atoms with Crippen molar-refractivity contribution in [3.05, 3.63) is 53.3 Å². The van der Waals surface area contributed by atoms with Gasteiger partial charge in [-0.1, -0.05) is 12.2 Å². The van der Waals surface area contributed by atoms with Gasteiger partial charge in [-0.05, 0) is 31.2 Å². The predicted octanol–water partition coefficient (Wildman–Crippen LogP) is 2.31. The van der Waals surface area contributed by atoms with Gasteiger partial charge in [0.2, 0.25) is 0 Å². The largest absolute Gasteiger partial charge is 0.416 e. The fraction of sp³-hybridized carbons (Fsp3) is 0.222. The van der Waals surface area contributed by atoms with Crippen LogP contribution in [0.2, 0.25) is 0 Å². The number of nitrogens with two attached hydrogens (primary N) is 2. The third-order valence-electron chi connectivity index (χ3n) is 4.04. The maximum absolute atomic E-state index is 13.2. The highest BCUT2D eigenvalue weighted by Gasteiger charge is 2.33. The van der Waals surface area contributed by atoms with Crippen LogP contribution in [0.25, 0.3) is 0 Å². The van der Waals surface area contributed by atoms with Gasteiger partial charge in [0.25, 0.3) is 11.9 Å². The van der Waals surface area contributed by atoms with Crippen LogP contribution >= 0.6 is 12.2 Å². The molecule has 158 valence electrons. The number of hydrogen-bond acceptors (Lipinski definition) is 5. The first kappa shape index (κ1) is 22.9. The maximum atomic E-state index is 13.2. The minimum Gasteiger partial charge on any atom is -0.390 e. The van der Waals surface area contributed by atoms with Gasteiger partial charge >= 0.3 is 6.18 Å². The summed E-state index contributed by atoms with van der Waals surface area (Å²) in [5, 5.41) is 0. The number of carbonyl (C=O) groups excluding carboxylic acids is 1. The van der Waals surface area contributed by atoms with Gasteiger partial charge < -0.3 is 16.4 Å². The molecule has 4 N–H and O–H groups in total. The summed E-state index contributed by atoms with van der Waals surface area (Å²) in [6.07, 6.45) is -0.767. The van der Waals surface area contributed by atoms with E-state index in [1.807, 2.05) is 0 Å². The topological polar surface area (TPSA) is 123 Å². The summed E-state index contributed by atoms with van der Waals surface area (Å²) in [7, 11) is 1.39. The molecule has 1 heterocycles. The van der Waals surface area contributed by atoms with Crippen molar-refractivity contribution >= 4 is 41.2 Å². The summed E-state index contributed by atoms with van der Waals surface area (Å²) < 4.78 is 39.7. The van der Waals surface area contributed by atoms with Crippen molar-refractivity contribution in [3.8, 4) is 0 Å². The molecule has 1 atom stereocenters. The summed E-state index contributed by atoms with van der Waals surface area (Å²) in [4.78, 5) is 29.8. The lowest BCUT2D eigenvalue weighted by Gasteiger charge is -2.25. The smallest absolute Gasteiger partial charge is 0.390 e. The second-order valence-electron chi connectivity index (χ2n) is 6.05. The number of thiocarbonyl (C=S) groups is 1. The summed E-state index contributed by atoms with van der Waals surface area (Å²) in [6.45, 7) is 1.58. The van der Waals surface area contributed by atoms with Crippen LogP contribution in [0.5, 0.6) is 0 Å². The molecular formula is C18H18F3N7OS. The molecule has 0 aliphatic heterocycles. The average Bonchev–Trinajstić information content (AvgIpc) is 2.71. The number of aromatic nitrogens is 2. The monoisotopic (exact) mass is 437 g/mol. The zero-order chi connectivity index (χ0) is 22.5. The van der Waals surface area contributed by atoms with Crippen LogP contribution in [0.1, 0.15) is 28.4 Å². The van der Waals surface area contributed by atoms with Gasteiger partial charge in [0, 0.05) is 30.6 Å². The molecule has 1 amide bonds. The molecule has 2 aromatic rings. The van der Waals surface area contributed by atoms with Crippen molar-refractivity contribution in [1.29, 1.82) is 0 Å². The Labute approximate surface area is 175 Å². The molecule has 0 bridgehead atoms. The maximum Gasteiger partial charge on any atom is 0.416 e. The van der Waals surface area contributed by atoms with E-state index in [-0.39, 0.29) is 27.9 Å². The molecule has 1 aromatic heterocycles. The van der Waals surface area contributed by atoms with Crippen LogP contribution in [0.15, 0.2) is 46.6 Å². The first-order valence-electron chi connectivity index (χ1n) is 8.43. The normalized spacial score (nSPS) is 13.3. The molecule has 12 heteroatoms. The zero-order valence-electron chi connectivity index (χ0n) is 16.0. The molecule has 8 nitrogen and oxygen atoms in total. The minimum atomic E-state index is -4.68. The van der Waals surface area contributed by atoms with E-state index in [4.69, 9.17) is 23.7 Å². The molecular weight excluding hydrogens is 419 g/mol. The summed E-state index contributed by atoms with van der Waals surface area (Å²) in [5.41, 5.74) is 9.48. The Bertz CT molecular complexity index is 993. The van der Waals surface area contributed by atoms with Gasteiger partial charge in [-0.25, -0.2) is 15.0 Å². The number of amides is 1. The molecule has 0 radical (unpaired) electrons. The number of likely N-dealkylation sites (N-methyl/N-ethyl adjacent to an activating group) is 1. The third-order valence-corrected chi connectivity index (χ3v) is 4.28. The van der Waals surface area contributed by atoms with E-state index in [0.29, 0.717) is 0 Å². The fourth-order valence-electron chi connectivity index (χ4n) is 2.37. The van der Waals surface area contributed by atoms with Gasteiger partial charge in [0.1, 0.15) is 4.99 Å². The van der Waals surface area contributed by atoms with Crippen molar-refractivity contribution < 1.29 is 18.0 Å². The Morgan fingerprint density at radius 2 is 1.83 bits per heavy atom. The highest BCUT2D eigenvalue weighted by Crippen LogP contribution is 2.31. The second-order valence-corrected chi connectivity index (χ2v) is 6.49. The van der Waals surface area contributed by atoms with Gasteiger partial charge in [0.05, 0.1) is 17.9 Å². The van der Waals surface area contributed by atoms with E-state index in [1.54, 1.807) is 13.0 Å². The summed E-state index contributed by atoms with van der Waals surface area (Å²) in [5.74, 6) is -0.554. The lowest BCUT2D eigenvalue weighted by molar-refractivity contribution is -0.137. The van der Waals surface area contributed by atoms with Crippen molar-refractivity contribution in [1.82, 2.24) is 14.9 Å². The van der Waals surface area contributed by atoms with E-state index in [2.05, 4.69) is 20.0 Å². The van der Waals surface area contributed by atoms with Gasteiger partial charge in [-0.15, -0.1) is 0 Å². The molecule has 0 aliphatic carbocycles. The standard InChI is InChI=1S/C18H18F3N7OS/c1-10(15(26-9-22)27-17-24-4-3-5-25-17)28(2)16(29)12-6-11(14(23)30)7-13(8-12)18(19,20)21/h3-10H,1-2H3,(H2,23,30)(H2,22,24,25,26,27). The number of hydrogen-bond donors (Lipinski definition) is 2. The van der Waals surface area contributed by atoms with E-state index in [9.17, 15) is 18.0 Å². The number of amidine groups is 1. The Balaban J connectivity index is 2.43. The van der Waals surface area contributed by atoms with Crippen molar-refractivity contribution in [2.75, 3.05) is 7.05 Å². The average molecular weight is 437 g/mol. The van der Waals surface area contributed by atoms with Crippen LogP contribution < -0.4 is 11.5 Å². The second kappa shape index (κ2) is 9.39. The first-order valence-corrected chi connectivity index (χ1v) is 8.84. The minimum absolute atomic E-state index is 0.0733. The number of halogens is 3. The van der Waals surface area contributed by atoms with Gasteiger partial charge in [-0.3, -0.25) is 4.79 Å². The van der Waals surface area contributed by atoms with E-state index < -0.39 is 23.7 Å². The molecule has 0 aliphatic rings. The summed E-state index contributed by atoms with van der Waals surface area (Å²) >= 11 is 4.78. The fourth-order valence-corrected chi connectivity index (χ4v) is 2.49. The van der Waals surface area contributed by atoms with Crippen LogP contribution in [0, 0.1) is 0 Å². The van der Waals surface area contributed by atoms with Crippen molar-refractivity contribution in [3.63, 3.8) is 0 Å². The third kappa shape index (κ3) is 5.56. The number of carbonyl (C=O) groups is 1. The molecule has 0 saturated carbocycles. The molecule has 1 aromatic carbocycles. The number of rotatable bonds is 5. The molecule has 0 fully saturated rings. The van der Waals surface area contributed by atoms with Crippen LogP contribution in [-0.2, 0) is 6.18 Å². The van der Waals surface area contributed by atoms with Crippen molar-refractivity contribution in [2.24, 2.45) is 21.5 Å². The Kier molecular flexibility index (Phi) is 7.16. The SMILES string of the molecule is CC(C(N=CN)=Nc1ncccn1)N(C)C(=O)c1cc(C(N)=S)cc(C(F)(F)F)c1. The van der Waals surface area contributed by atoms with Crippen molar-refractivity contribution in [2.45, 2.75) is 19.1 Å². The van der Waals surface area contributed by atoms with E-state index >= 15 is 0 Å². The van der Waals surface area contributed by atoms with Crippen LogP contribution in [0.3, 0.4) is 0 Å². The number of nitrogens with zero attached hydrogens (tertiary/aromatic N) is 5. The van der Waals surface area contributed by atoms with E-state index in [0.717, 1.165) is 23.4 Å². The molecule has 1 unspecified atom stereocenters. The van der Waals surface area contributed by atoms with Gasteiger partial charge in [-0.2, -0.15) is 18.2 Å². The number of aliphatic imine (C=N–C) groups is 2. The number of benzene rings is 1. The van der Waals surface area contributed by atoms with E-state index in [1.165, 1.54) is 25.5 Å². The first-order chi connectivity index (χ1) is 14.0. The quantitative estimate of drug-likeness (QED) is 0.420. The zero-order valence-corrected chi connectivity index (χ0v) is 16.8. The molecule has 0 saturated heterocycles. The van der Waals surface area contributed by atoms with Crippen LogP contribution in [0.4, 0.5) is 19.1 Å². The molecule has 2 rings (SSSR count). The lowest BCUT2D eigenvalue weighted by Crippen LogP contribution is -2.40. The Morgan fingerprint density at radius 1 is 1.23 bits per heavy atom. The van der Waals surface area contributed by atoms with Gasteiger partial charge in [0.15, 0.2) is 5.84 Å². The number of alkyl halides is 3. The Morgan fingerprint density at radius 3 is 2.37 bits per heavy atom. The highest BCUT2D eigenvalue weighted by atomic mass is 32.1. The molecule has 30 heavy (non-hydrogen) atoms. The highest BCUT2D eigenvalue weighted by molar-refractivity contribution is 7.80. The predicted molar refractivity (Wildman–Crippen MR) is 111 cm³/mol. The summed E-state index contributed by atoms with van der Waals surface area (Å²) in [6, 6.07) is 3.55. The molecule has 0 spiro atoms. The lowest BCUT2D eigenvalue weighted by atomic mass is 10.0. The van der Waals surface area contributed by atoms with Crippen LogP contribution in [-0.4, -0.2) is 51.0 Å². The Hall–Kier alpha value is -3.41.